The van der Waals surface area contributed by atoms with Gasteiger partial charge in [0.25, 0.3) is 5.56 Å². The van der Waals surface area contributed by atoms with Gasteiger partial charge in [-0.05, 0) is 23.6 Å². The van der Waals surface area contributed by atoms with E-state index < -0.39 is 81.4 Å². The monoisotopic (exact) mass is 710 g/mol. The second kappa shape index (κ2) is 11.2. The zero-order valence-electron chi connectivity index (χ0n) is 22.3. The highest BCUT2D eigenvalue weighted by molar-refractivity contribution is 8.07. The highest BCUT2D eigenvalue weighted by Gasteiger charge is 2.53. The molecule has 2 bridgehead atoms. The molecule has 3 fully saturated rings. The minimum Gasteiger partial charge on any atom is -0.382 e. The summed E-state index contributed by atoms with van der Waals surface area (Å²) in [6, 6.07) is 0. The standard InChI is InChI=1S/C20H22F2N10O9P2S2/c21-8-6-1-36-42(34,44)40-12-7(39-18(9(12)22)31-4-27-10-14(23)25-3-26-15(10)31)2-37-43(35,45)41-13(8)19(38-6)32-5-28-11-16(32)29-20(24)30-17(11)33/h3-9,12-13,18-19H,1-2H2,(H,34,44)(H,35,45)(H2,23,25,26)(H3,24,29,30,33)/t6-,7-,8-,9?,12?,13-,18-,19-,42-,43-/m1/s1. The fraction of sp³-hybridized carbons (Fsp3) is 0.500. The summed E-state index contributed by atoms with van der Waals surface area (Å²) in [7, 11) is 0. The molecule has 3 aliphatic heterocycles. The van der Waals surface area contributed by atoms with Crippen molar-refractivity contribution in [1.82, 2.24) is 39.0 Å². The van der Waals surface area contributed by atoms with Crippen LogP contribution in [0.25, 0.3) is 22.3 Å². The van der Waals surface area contributed by atoms with Crippen LogP contribution in [0.3, 0.4) is 0 Å². The van der Waals surface area contributed by atoms with E-state index in [1.54, 1.807) is 0 Å². The number of ether oxygens (including phenoxy) is 2. The lowest BCUT2D eigenvalue weighted by molar-refractivity contribution is -0.0599. The number of nitrogens with one attached hydrogen (secondary N) is 1. The Balaban J connectivity index is 1.21. The number of alkyl halides is 2. The van der Waals surface area contributed by atoms with Crippen LogP contribution in [0.15, 0.2) is 23.8 Å². The quantitative estimate of drug-likeness (QED) is 0.169. The fourth-order valence-corrected chi connectivity index (χ4v) is 8.07. The first-order valence-corrected chi connectivity index (χ1v) is 18.1. The molecule has 45 heavy (non-hydrogen) atoms. The highest BCUT2D eigenvalue weighted by atomic mass is 32.5. The van der Waals surface area contributed by atoms with Crippen LogP contribution in [0, 0.1) is 0 Å². The Morgan fingerprint density at radius 2 is 1.49 bits per heavy atom. The molecule has 0 aliphatic carbocycles. The van der Waals surface area contributed by atoms with Gasteiger partial charge in [-0.2, -0.15) is 4.98 Å². The summed E-state index contributed by atoms with van der Waals surface area (Å²) in [6.07, 6.45) is -9.65. The van der Waals surface area contributed by atoms with Gasteiger partial charge in [0.15, 0.2) is 47.4 Å². The smallest absolute Gasteiger partial charge is 0.325 e. The Morgan fingerprint density at radius 3 is 2.22 bits per heavy atom. The van der Waals surface area contributed by atoms with Crippen molar-refractivity contribution in [2.75, 3.05) is 24.7 Å². The normalized spacial score (nSPS) is 37.7. The zero-order chi connectivity index (χ0) is 31.8. The number of fused-ring (bicyclic) bond motifs is 5. The van der Waals surface area contributed by atoms with Crippen LogP contribution in [0.1, 0.15) is 12.5 Å². The third-order valence-corrected chi connectivity index (χ3v) is 10.4. The number of H-pyrrole nitrogens is 1. The molecule has 3 aliphatic rings. The van der Waals surface area contributed by atoms with E-state index in [0.717, 1.165) is 17.2 Å². The summed E-state index contributed by atoms with van der Waals surface area (Å²) in [5.74, 6) is -0.213. The summed E-state index contributed by atoms with van der Waals surface area (Å²) in [5.41, 5.74) is 10.9. The number of nitrogen functional groups attached to an aromatic ring is 2. The first-order valence-electron chi connectivity index (χ1n) is 12.9. The van der Waals surface area contributed by atoms with Crippen LogP contribution >= 0.6 is 13.4 Å². The van der Waals surface area contributed by atoms with E-state index in [4.69, 9.17) is 62.6 Å². The molecule has 2 unspecified atom stereocenters. The number of imidazole rings is 2. The van der Waals surface area contributed by atoms with Gasteiger partial charge in [0.1, 0.15) is 36.3 Å². The van der Waals surface area contributed by atoms with E-state index in [1.807, 2.05) is 0 Å². The van der Waals surface area contributed by atoms with E-state index >= 15 is 8.78 Å². The Bertz CT molecular complexity index is 1950. The second-order valence-electron chi connectivity index (χ2n) is 10.0. The molecule has 0 aromatic carbocycles. The number of halogens is 2. The molecule has 0 radical (unpaired) electrons. The summed E-state index contributed by atoms with van der Waals surface area (Å²) in [5, 5.41) is 0. The number of nitrogens with zero attached hydrogens (tertiary/aromatic N) is 7. The van der Waals surface area contributed by atoms with E-state index in [2.05, 4.69) is 29.9 Å². The van der Waals surface area contributed by atoms with Gasteiger partial charge in [-0.1, -0.05) is 0 Å². The van der Waals surface area contributed by atoms with E-state index in [0.29, 0.717) is 0 Å². The second-order valence-corrected chi connectivity index (χ2v) is 15.6. The maximum Gasteiger partial charge on any atom is 0.325 e. The molecule has 19 nitrogen and oxygen atoms in total. The van der Waals surface area contributed by atoms with Gasteiger partial charge in [-0.3, -0.25) is 28.0 Å². The van der Waals surface area contributed by atoms with Crippen molar-refractivity contribution < 1.29 is 46.1 Å². The van der Waals surface area contributed by atoms with Gasteiger partial charge in [0.05, 0.1) is 25.9 Å². The van der Waals surface area contributed by atoms with Gasteiger partial charge in [0, 0.05) is 0 Å². The summed E-state index contributed by atoms with van der Waals surface area (Å²) >= 11 is 10.3. The number of rotatable bonds is 2. The number of hydrogen-bond donors (Lipinski definition) is 5. The van der Waals surface area contributed by atoms with Gasteiger partial charge in [0.2, 0.25) is 5.95 Å². The molecule has 25 heteroatoms. The molecule has 4 aromatic heterocycles. The van der Waals surface area contributed by atoms with Crippen molar-refractivity contribution in [1.29, 1.82) is 0 Å². The number of anilines is 2. The Labute approximate surface area is 259 Å². The molecule has 0 spiro atoms. The number of hydrogen-bond acceptors (Lipinski definition) is 16. The van der Waals surface area contributed by atoms with Crippen molar-refractivity contribution >= 4 is 71.1 Å². The molecular formula is C20H22F2N10O9P2S2. The lowest BCUT2D eigenvalue weighted by atomic mass is 10.1. The van der Waals surface area contributed by atoms with E-state index in [9.17, 15) is 14.6 Å². The largest absolute Gasteiger partial charge is 0.382 e. The first kappa shape index (κ1) is 31.0. The average Bonchev–Trinajstić information content (AvgIpc) is 3.72. The predicted molar refractivity (Wildman–Crippen MR) is 155 cm³/mol. The summed E-state index contributed by atoms with van der Waals surface area (Å²) < 4.78 is 67.9. The number of aromatic amines is 1. The summed E-state index contributed by atoms with van der Waals surface area (Å²) in [4.78, 5) is 56.6. The lowest BCUT2D eigenvalue weighted by Gasteiger charge is -2.27. The molecule has 4 aromatic rings. The molecular weight excluding hydrogens is 688 g/mol. The topological polar surface area (TPSA) is 255 Å². The highest BCUT2D eigenvalue weighted by Crippen LogP contribution is 2.54. The van der Waals surface area contributed by atoms with E-state index in [-0.39, 0.29) is 34.1 Å². The Morgan fingerprint density at radius 1 is 0.867 bits per heavy atom. The molecule has 7 heterocycles. The maximum atomic E-state index is 16.0. The van der Waals surface area contributed by atoms with E-state index in [1.165, 1.54) is 10.9 Å². The average molecular weight is 711 g/mol. The SMILES string of the molecule is Nc1nc2c(ncn2[C@@H]2O[C@@H]3CO[P@@](O)(=S)OC4C(F)[C@H](n5cnc6c(N)ncnc65)O[C@@H]4CO[P@@](O)(=S)O[C@@H]2[C@@H]3F)c(=O)[nH]1. The zero-order valence-corrected chi connectivity index (χ0v) is 25.7. The predicted octanol–water partition coefficient (Wildman–Crippen LogP) is -0.154. The Kier molecular flexibility index (Phi) is 7.74. The van der Waals surface area contributed by atoms with Crippen LogP contribution in [0.4, 0.5) is 20.5 Å². The van der Waals surface area contributed by atoms with Gasteiger partial charge < -0.3 is 39.8 Å². The summed E-state index contributed by atoms with van der Waals surface area (Å²) in [6.45, 7) is -10.0. The molecule has 0 saturated carbocycles. The van der Waals surface area contributed by atoms with Crippen LogP contribution in [-0.2, 0) is 51.2 Å². The fourth-order valence-electron chi connectivity index (χ4n) is 5.23. The first-order chi connectivity index (χ1) is 21.3. The van der Waals surface area contributed by atoms with Crippen LogP contribution in [0.2, 0.25) is 0 Å². The minimum absolute atomic E-state index is 0.0442. The van der Waals surface area contributed by atoms with Crippen molar-refractivity contribution in [2.45, 2.75) is 49.2 Å². The number of nitrogens with two attached hydrogens (primary N) is 2. The lowest BCUT2D eigenvalue weighted by Crippen LogP contribution is -2.34. The minimum atomic E-state index is -4.35. The van der Waals surface area contributed by atoms with Gasteiger partial charge >= 0.3 is 13.4 Å². The Hall–Kier alpha value is -2.66. The molecule has 0 amide bonds. The number of aromatic nitrogens is 8. The van der Waals surface area contributed by atoms with Crippen molar-refractivity contribution in [3.63, 3.8) is 0 Å². The molecule has 10 atom stereocenters. The molecule has 3 saturated heterocycles. The third-order valence-electron chi connectivity index (χ3n) is 7.23. The molecule has 7 N–H and O–H groups in total. The van der Waals surface area contributed by atoms with Crippen LogP contribution in [0.5, 0.6) is 0 Å². The van der Waals surface area contributed by atoms with Crippen molar-refractivity contribution in [3.8, 4) is 0 Å². The van der Waals surface area contributed by atoms with Crippen molar-refractivity contribution in [2.24, 2.45) is 0 Å². The van der Waals surface area contributed by atoms with Gasteiger partial charge in [-0.25, -0.2) is 28.7 Å². The van der Waals surface area contributed by atoms with Crippen LogP contribution < -0.4 is 17.0 Å². The van der Waals surface area contributed by atoms with Crippen molar-refractivity contribution in [3.05, 3.63) is 29.3 Å². The molecule has 7 rings (SSSR count). The molecule has 242 valence electrons. The maximum absolute atomic E-state index is 16.0. The third kappa shape index (κ3) is 5.55. The van der Waals surface area contributed by atoms with Gasteiger partial charge in [-0.15, -0.1) is 0 Å². The van der Waals surface area contributed by atoms with Crippen LogP contribution in [-0.4, -0.2) is 98.8 Å².